The summed E-state index contributed by atoms with van der Waals surface area (Å²) in [5.41, 5.74) is 0. The van der Waals surface area contributed by atoms with Crippen molar-refractivity contribution in [1.82, 2.24) is 0 Å². The smallest absolute Gasteiger partial charge is 0.429 e. The van der Waals surface area contributed by atoms with Crippen LogP contribution in [0.4, 0.5) is 30.7 Å². The Kier molecular flexibility index (Phi) is 3.69. The lowest BCUT2D eigenvalue weighted by Crippen LogP contribution is -2.17. The lowest BCUT2D eigenvalue weighted by molar-refractivity contribution is -0.274. The number of ether oxygens (including phenoxy) is 2. The van der Waals surface area contributed by atoms with E-state index in [-0.39, 0.29) is 12.1 Å². The van der Waals surface area contributed by atoms with Crippen molar-refractivity contribution in [3.8, 4) is 11.5 Å². The zero-order chi connectivity index (χ0) is 13.2. The van der Waals surface area contributed by atoms with Gasteiger partial charge in [0.05, 0.1) is 0 Å². The third-order valence-electron chi connectivity index (χ3n) is 1.41. The van der Waals surface area contributed by atoms with E-state index < -0.39 is 36.1 Å². The van der Waals surface area contributed by atoms with Gasteiger partial charge >= 0.3 is 13.0 Å². The Morgan fingerprint density at radius 1 is 1.00 bits per heavy atom. The molecular weight excluding hydrogens is 261 g/mol. The van der Waals surface area contributed by atoms with Gasteiger partial charge in [0.1, 0.15) is 5.75 Å². The first-order chi connectivity index (χ1) is 7.69. The van der Waals surface area contributed by atoms with Crippen LogP contribution in [0, 0.1) is 11.6 Å². The van der Waals surface area contributed by atoms with Crippen LogP contribution in [0.2, 0.25) is 0 Å². The number of halogens is 7. The molecule has 1 aromatic rings. The minimum atomic E-state index is -5.15. The number of hydrogen-bond donors (Lipinski definition) is 0. The maximum atomic E-state index is 12.9. The fraction of sp³-hybridized carbons (Fsp3) is 0.250. The van der Waals surface area contributed by atoms with Gasteiger partial charge in [-0.25, -0.2) is 8.78 Å². The van der Waals surface area contributed by atoms with Gasteiger partial charge in [-0.3, -0.25) is 0 Å². The van der Waals surface area contributed by atoms with Gasteiger partial charge in [-0.05, 0) is 0 Å². The predicted molar refractivity (Wildman–Crippen MR) is 39.7 cm³/mol. The van der Waals surface area contributed by atoms with Crippen LogP contribution in [0.5, 0.6) is 11.5 Å². The summed E-state index contributed by atoms with van der Waals surface area (Å²) in [6.45, 7) is -3.51. The molecule has 0 amide bonds. The molecule has 1 rings (SSSR count). The van der Waals surface area contributed by atoms with Crippen LogP contribution in [0.3, 0.4) is 0 Å². The molecule has 0 unspecified atom stereocenters. The fourth-order valence-electron chi connectivity index (χ4n) is 0.931. The topological polar surface area (TPSA) is 18.5 Å². The Morgan fingerprint density at radius 2 is 1.47 bits per heavy atom. The van der Waals surface area contributed by atoms with Gasteiger partial charge in [0.15, 0.2) is 17.4 Å². The molecule has 1 aromatic carbocycles. The fourth-order valence-corrected chi connectivity index (χ4v) is 0.931. The molecule has 0 N–H and O–H groups in total. The third kappa shape index (κ3) is 4.00. The summed E-state index contributed by atoms with van der Waals surface area (Å²) in [7, 11) is 0. The molecule has 0 bridgehead atoms. The molecule has 0 saturated heterocycles. The first-order valence-electron chi connectivity index (χ1n) is 3.88. The molecule has 2 nitrogen and oxygen atoms in total. The summed E-state index contributed by atoms with van der Waals surface area (Å²) in [5, 5.41) is 0. The van der Waals surface area contributed by atoms with Crippen LogP contribution in [0.25, 0.3) is 0 Å². The zero-order valence-corrected chi connectivity index (χ0v) is 7.69. The Balaban J connectivity index is 3.01. The zero-order valence-electron chi connectivity index (χ0n) is 7.69. The monoisotopic (exact) mass is 264 g/mol. The molecule has 0 fully saturated rings. The van der Waals surface area contributed by atoms with E-state index in [0.29, 0.717) is 0 Å². The molecule has 17 heavy (non-hydrogen) atoms. The van der Waals surface area contributed by atoms with Gasteiger partial charge in [-0.2, -0.15) is 8.78 Å². The SMILES string of the molecule is Fc1cc(OC(F)(F)F)cc(F)c1OC(F)F. The molecule has 0 atom stereocenters. The van der Waals surface area contributed by atoms with Crippen molar-refractivity contribution in [2.45, 2.75) is 13.0 Å². The van der Waals surface area contributed by atoms with Gasteiger partial charge in [0.25, 0.3) is 0 Å². The van der Waals surface area contributed by atoms with E-state index in [2.05, 4.69) is 9.47 Å². The second-order valence-corrected chi connectivity index (χ2v) is 2.64. The predicted octanol–water partition coefficient (Wildman–Crippen LogP) is 3.46. The lowest BCUT2D eigenvalue weighted by Gasteiger charge is -2.11. The van der Waals surface area contributed by atoms with Gasteiger partial charge in [0.2, 0.25) is 0 Å². The van der Waals surface area contributed by atoms with Crippen molar-refractivity contribution in [2.24, 2.45) is 0 Å². The van der Waals surface area contributed by atoms with Crippen LogP contribution in [-0.2, 0) is 0 Å². The summed E-state index contributed by atoms with van der Waals surface area (Å²) in [6, 6.07) is 0.155. The number of rotatable bonds is 3. The summed E-state index contributed by atoms with van der Waals surface area (Å²) in [6.07, 6.45) is -5.15. The van der Waals surface area contributed by atoms with Gasteiger partial charge in [-0.15, -0.1) is 13.2 Å². The second kappa shape index (κ2) is 4.68. The highest BCUT2D eigenvalue weighted by Crippen LogP contribution is 2.31. The van der Waals surface area contributed by atoms with E-state index in [4.69, 9.17) is 0 Å². The van der Waals surface area contributed by atoms with E-state index >= 15 is 0 Å². The van der Waals surface area contributed by atoms with Crippen molar-refractivity contribution >= 4 is 0 Å². The first kappa shape index (κ1) is 13.4. The van der Waals surface area contributed by atoms with E-state index in [1.54, 1.807) is 0 Å². The quantitative estimate of drug-likeness (QED) is 0.778. The first-order valence-corrected chi connectivity index (χ1v) is 3.88. The van der Waals surface area contributed by atoms with Gasteiger partial charge < -0.3 is 9.47 Å². The van der Waals surface area contributed by atoms with Crippen LogP contribution in [0.1, 0.15) is 0 Å². The molecule has 0 aromatic heterocycles. The average molecular weight is 264 g/mol. The largest absolute Gasteiger partial charge is 0.573 e. The second-order valence-electron chi connectivity index (χ2n) is 2.64. The molecular formula is C8H3F7O2. The summed E-state index contributed by atoms with van der Waals surface area (Å²) >= 11 is 0. The Labute approximate surface area is 89.5 Å². The van der Waals surface area contributed by atoms with Gasteiger partial charge in [0, 0.05) is 12.1 Å². The normalized spacial score (nSPS) is 11.8. The molecule has 0 aliphatic rings. The Bertz CT molecular complexity index is 378. The average Bonchev–Trinajstić information content (AvgIpc) is 2.08. The van der Waals surface area contributed by atoms with Crippen LogP contribution in [-0.4, -0.2) is 13.0 Å². The van der Waals surface area contributed by atoms with Crippen LogP contribution < -0.4 is 9.47 Å². The number of alkyl halides is 5. The summed E-state index contributed by atoms with van der Waals surface area (Å²) in [4.78, 5) is 0. The highest BCUT2D eigenvalue weighted by molar-refractivity contribution is 5.35. The number of benzene rings is 1. The van der Waals surface area contributed by atoms with Crippen molar-refractivity contribution < 1.29 is 40.2 Å². The minimum Gasteiger partial charge on any atom is -0.429 e. The standard InChI is InChI=1S/C8H3F7O2/c9-4-1-3(17-8(13,14)15)2-5(10)6(4)16-7(11)12/h1-2,7H. The third-order valence-corrected chi connectivity index (χ3v) is 1.41. The maximum absolute atomic E-state index is 12.9. The lowest BCUT2D eigenvalue weighted by atomic mass is 10.3. The molecule has 96 valence electrons. The van der Waals surface area contributed by atoms with Gasteiger partial charge in [-0.1, -0.05) is 0 Å². The molecule has 0 aliphatic carbocycles. The van der Waals surface area contributed by atoms with Crippen molar-refractivity contribution in [3.63, 3.8) is 0 Å². The van der Waals surface area contributed by atoms with Crippen molar-refractivity contribution in [1.29, 1.82) is 0 Å². The van der Waals surface area contributed by atoms with Crippen molar-refractivity contribution in [3.05, 3.63) is 23.8 Å². The summed E-state index contributed by atoms with van der Waals surface area (Å²) in [5.74, 6) is -6.15. The molecule has 0 heterocycles. The number of hydrogen-bond acceptors (Lipinski definition) is 2. The van der Waals surface area contributed by atoms with E-state index in [0.717, 1.165) is 0 Å². The highest BCUT2D eigenvalue weighted by Gasteiger charge is 2.32. The molecule has 9 heteroatoms. The van der Waals surface area contributed by atoms with Crippen molar-refractivity contribution in [2.75, 3.05) is 0 Å². The molecule has 0 radical (unpaired) electrons. The molecule has 0 saturated carbocycles. The molecule has 0 aliphatic heterocycles. The highest BCUT2D eigenvalue weighted by atomic mass is 19.4. The van der Waals surface area contributed by atoms with Crippen LogP contribution >= 0.6 is 0 Å². The Hall–Kier alpha value is -1.67. The van der Waals surface area contributed by atoms with Crippen LogP contribution in [0.15, 0.2) is 12.1 Å². The summed E-state index contributed by atoms with van der Waals surface area (Å²) < 4.78 is 90.9. The minimum absolute atomic E-state index is 0.0777. The van der Waals surface area contributed by atoms with E-state index in [1.807, 2.05) is 0 Å². The Morgan fingerprint density at radius 3 is 1.82 bits per heavy atom. The molecule has 0 spiro atoms. The van der Waals surface area contributed by atoms with E-state index in [9.17, 15) is 30.7 Å². The maximum Gasteiger partial charge on any atom is 0.573 e. The van der Waals surface area contributed by atoms with E-state index in [1.165, 1.54) is 0 Å².